The summed E-state index contributed by atoms with van der Waals surface area (Å²) in [6, 6.07) is 6.42. The average molecular weight is 492 g/mol. The summed E-state index contributed by atoms with van der Waals surface area (Å²) in [7, 11) is 4.98. The minimum Gasteiger partial charge on any atom is -0.345 e. The van der Waals surface area contributed by atoms with Gasteiger partial charge in [0.25, 0.3) is 11.5 Å². The van der Waals surface area contributed by atoms with Gasteiger partial charge in [0, 0.05) is 45.8 Å². The van der Waals surface area contributed by atoms with E-state index >= 15 is 0 Å². The molecule has 0 radical (unpaired) electrons. The highest BCUT2D eigenvalue weighted by molar-refractivity contribution is 5.94. The van der Waals surface area contributed by atoms with E-state index < -0.39 is 17.3 Å². The first-order chi connectivity index (χ1) is 17.1. The van der Waals surface area contributed by atoms with Gasteiger partial charge in [-0.25, -0.2) is 4.79 Å². The number of carbonyl (C=O) groups excluding carboxylic acids is 1. The van der Waals surface area contributed by atoms with E-state index in [9.17, 15) is 14.4 Å². The summed E-state index contributed by atoms with van der Waals surface area (Å²) in [6.45, 7) is 5.18. The number of nitrogens with zero attached hydrogens (tertiary/aromatic N) is 6. The molecule has 2 aromatic heterocycles. The Bertz CT molecular complexity index is 1490. The topological polar surface area (TPSA) is 111 Å². The highest BCUT2D eigenvalue weighted by atomic mass is 16.2. The first-order valence-electron chi connectivity index (χ1n) is 12.1. The van der Waals surface area contributed by atoms with Gasteiger partial charge in [0.2, 0.25) is 5.95 Å². The number of nitrogens with two attached hydrogens (primary N) is 1. The predicted molar refractivity (Wildman–Crippen MR) is 140 cm³/mol. The minimum absolute atomic E-state index is 0.0157. The summed E-state index contributed by atoms with van der Waals surface area (Å²) in [5.41, 5.74) is 7.11. The lowest BCUT2D eigenvalue weighted by atomic mass is 10.0. The Hall–Kier alpha value is -3.84. The van der Waals surface area contributed by atoms with Crippen LogP contribution in [0.3, 0.4) is 0 Å². The molecule has 10 heteroatoms. The summed E-state index contributed by atoms with van der Waals surface area (Å²) < 4.78 is 4.43. The van der Waals surface area contributed by atoms with Gasteiger partial charge in [0.05, 0.1) is 12.6 Å². The molecule has 0 aliphatic carbocycles. The van der Waals surface area contributed by atoms with Crippen molar-refractivity contribution in [2.24, 2.45) is 12.8 Å². The van der Waals surface area contributed by atoms with E-state index in [0.29, 0.717) is 34.8 Å². The van der Waals surface area contributed by atoms with Gasteiger partial charge >= 0.3 is 5.69 Å². The van der Waals surface area contributed by atoms with Gasteiger partial charge in [-0.1, -0.05) is 18.1 Å². The normalized spacial score (nSPS) is 16.5. The fourth-order valence-electron chi connectivity index (χ4n) is 4.75. The summed E-state index contributed by atoms with van der Waals surface area (Å²) in [6.07, 6.45) is 1.86. The number of amides is 1. The van der Waals surface area contributed by atoms with Crippen LogP contribution in [0.15, 0.2) is 33.9 Å². The number of hydrogen-bond acceptors (Lipinski definition) is 6. The SMILES string of the molecule is CC#CCn1c(N2CCC[C@@H](N)C2)nc2c1c(=O)n(C(C)c1cccc(C(=O)N(C)C)c1)c(=O)n2C. The number of benzene rings is 1. The Morgan fingerprint density at radius 2 is 2.06 bits per heavy atom. The molecule has 4 rings (SSSR count). The van der Waals surface area contributed by atoms with Crippen LogP contribution < -0.4 is 21.9 Å². The average Bonchev–Trinajstić information content (AvgIpc) is 3.25. The third-order valence-corrected chi connectivity index (χ3v) is 6.73. The summed E-state index contributed by atoms with van der Waals surface area (Å²) in [5.74, 6) is 6.38. The maximum absolute atomic E-state index is 13.9. The molecule has 1 aliphatic rings. The third kappa shape index (κ3) is 4.42. The second-order valence-electron chi connectivity index (χ2n) is 9.46. The van der Waals surface area contributed by atoms with Crippen LogP contribution in [-0.2, 0) is 13.6 Å². The van der Waals surface area contributed by atoms with Crippen molar-refractivity contribution in [1.82, 2.24) is 23.6 Å². The fourth-order valence-corrected chi connectivity index (χ4v) is 4.75. The minimum atomic E-state index is -0.608. The van der Waals surface area contributed by atoms with E-state index in [2.05, 4.69) is 16.7 Å². The summed E-state index contributed by atoms with van der Waals surface area (Å²) in [4.78, 5) is 48.1. The van der Waals surface area contributed by atoms with Crippen molar-refractivity contribution in [3.8, 4) is 11.8 Å². The smallest absolute Gasteiger partial charge is 0.333 e. The molecule has 0 bridgehead atoms. The lowest BCUT2D eigenvalue weighted by molar-refractivity contribution is 0.0827. The van der Waals surface area contributed by atoms with Crippen LogP contribution in [0.2, 0.25) is 0 Å². The zero-order valence-corrected chi connectivity index (χ0v) is 21.5. The van der Waals surface area contributed by atoms with E-state index in [1.807, 2.05) is 6.07 Å². The molecule has 1 amide bonds. The Labute approximate surface area is 209 Å². The Balaban J connectivity index is 1.92. The third-order valence-electron chi connectivity index (χ3n) is 6.73. The molecule has 190 valence electrons. The van der Waals surface area contributed by atoms with Crippen LogP contribution >= 0.6 is 0 Å². The highest BCUT2D eigenvalue weighted by Gasteiger charge is 2.27. The van der Waals surface area contributed by atoms with Crippen molar-refractivity contribution in [2.45, 2.75) is 45.3 Å². The van der Waals surface area contributed by atoms with Crippen molar-refractivity contribution < 1.29 is 4.79 Å². The number of piperidine rings is 1. The van der Waals surface area contributed by atoms with Crippen LogP contribution in [0.5, 0.6) is 0 Å². The fraction of sp³-hybridized carbons (Fsp3) is 0.462. The van der Waals surface area contributed by atoms with Crippen LogP contribution in [0, 0.1) is 11.8 Å². The molecule has 3 heterocycles. The Morgan fingerprint density at radius 3 is 2.72 bits per heavy atom. The lowest BCUT2D eigenvalue weighted by Crippen LogP contribution is -2.44. The number of aryl methyl sites for hydroxylation is 1. The van der Waals surface area contributed by atoms with E-state index in [0.717, 1.165) is 19.4 Å². The van der Waals surface area contributed by atoms with Crippen molar-refractivity contribution in [1.29, 1.82) is 0 Å². The van der Waals surface area contributed by atoms with Crippen molar-refractivity contribution in [2.75, 3.05) is 32.1 Å². The molecule has 2 atom stereocenters. The van der Waals surface area contributed by atoms with Gasteiger partial charge in [-0.3, -0.25) is 23.3 Å². The van der Waals surface area contributed by atoms with Gasteiger partial charge in [0.15, 0.2) is 11.2 Å². The van der Waals surface area contributed by atoms with E-state index in [1.165, 1.54) is 14.0 Å². The lowest BCUT2D eigenvalue weighted by Gasteiger charge is -2.31. The highest BCUT2D eigenvalue weighted by Crippen LogP contribution is 2.24. The summed E-state index contributed by atoms with van der Waals surface area (Å²) in [5, 5.41) is 0. The Morgan fingerprint density at radius 1 is 1.31 bits per heavy atom. The molecule has 1 saturated heterocycles. The van der Waals surface area contributed by atoms with Crippen LogP contribution in [-0.4, -0.2) is 62.7 Å². The number of fused-ring (bicyclic) bond motifs is 1. The maximum Gasteiger partial charge on any atom is 0.333 e. The molecule has 2 N–H and O–H groups in total. The van der Waals surface area contributed by atoms with E-state index in [-0.39, 0.29) is 18.5 Å². The molecule has 0 saturated carbocycles. The number of rotatable bonds is 5. The molecule has 0 spiro atoms. The van der Waals surface area contributed by atoms with Gasteiger partial charge in [-0.15, -0.1) is 5.92 Å². The first-order valence-corrected chi connectivity index (χ1v) is 12.1. The number of anilines is 1. The van der Waals surface area contributed by atoms with Crippen molar-refractivity contribution >= 4 is 23.0 Å². The zero-order chi connectivity index (χ0) is 26.1. The van der Waals surface area contributed by atoms with Crippen molar-refractivity contribution in [3.05, 3.63) is 56.2 Å². The number of hydrogen-bond donors (Lipinski definition) is 1. The van der Waals surface area contributed by atoms with Gasteiger partial charge in [-0.05, 0) is 44.4 Å². The van der Waals surface area contributed by atoms with Gasteiger partial charge in [-0.2, -0.15) is 4.98 Å². The van der Waals surface area contributed by atoms with Crippen LogP contribution in [0.25, 0.3) is 11.2 Å². The molecule has 10 nitrogen and oxygen atoms in total. The molecular formula is C26H33N7O3. The Kier molecular flexibility index (Phi) is 7.04. The second kappa shape index (κ2) is 10.0. The molecule has 1 fully saturated rings. The molecular weight excluding hydrogens is 458 g/mol. The molecule has 1 aliphatic heterocycles. The zero-order valence-electron chi connectivity index (χ0n) is 21.5. The number of aromatic nitrogens is 4. The second-order valence-corrected chi connectivity index (χ2v) is 9.46. The van der Waals surface area contributed by atoms with E-state index in [1.54, 1.807) is 57.8 Å². The molecule has 1 unspecified atom stereocenters. The molecule has 3 aromatic rings. The van der Waals surface area contributed by atoms with Crippen LogP contribution in [0.1, 0.15) is 48.7 Å². The molecule has 36 heavy (non-hydrogen) atoms. The summed E-state index contributed by atoms with van der Waals surface area (Å²) >= 11 is 0. The number of imidazole rings is 1. The first kappa shape index (κ1) is 25.3. The van der Waals surface area contributed by atoms with Gasteiger partial charge < -0.3 is 15.5 Å². The standard InChI is InChI=1S/C26H33N7O3/c1-6-7-14-32-21-22(28-25(32)31-13-9-12-20(27)16-31)30(5)26(36)33(24(21)35)17(2)18-10-8-11-19(15-18)23(34)29(3)4/h8,10-11,15,17,20H,9,12-14,16,27H2,1-5H3/t17?,20-/m1/s1. The van der Waals surface area contributed by atoms with Crippen molar-refractivity contribution in [3.63, 3.8) is 0 Å². The number of carbonyl (C=O) groups is 1. The predicted octanol–water partition coefficient (Wildman–Crippen LogP) is 1.16. The van der Waals surface area contributed by atoms with Gasteiger partial charge in [0.1, 0.15) is 0 Å². The largest absolute Gasteiger partial charge is 0.345 e. The monoisotopic (exact) mass is 491 g/mol. The van der Waals surface area contributed by atoms with Crippen LogP contribution in [0.4, 0.5) is 5.95 Å². The molecule has 1 aromatic carbocycles. The maximum atomic E-state index is 13.9. The quantitative estimate of drug-likeness (QED) is 0.536. The van der Waals surface area contributed by atoms with E-state index in [4.69, 9.17) is 10.7 Å².